The summed E-state index contributed by atoms with van der Waals surface area (Å²) < 4.78 is 5.10. The van der Waals surface area contributed by atoms with Crippen LogP contribution >= 0.6 is 0 Å². The fraction of sp³-hybridized carbons (Fsp3) is 0.182. The number of esters is 1. The van der Waals surface area contributed by atoms with Crippen molar-refractivity contribution in [2.45, 2.75) is 13.0 Å². The Morgan fingerprint density at radius 2 is 2.21 bits per heavy atom. The lowest BCUT2D eigenvalue weighted by Gasteiger charge is -2.00. The maximum atomic E-state index is 11.2. The van der Waals surface area contributed by atoms with E-state index in [1.165, 1.54) is 0 Å². The average Bonchev–Trinajstić information content (AvgIpc) is 2.78. The zero-order valence-electron chi connectivity index (χ0n) is 7.78. The van der Waals surface area contributed by atoms with Gasteiger partial charge in [-0.2, -0.15) is 0 Å². The van der Waals surface area contributed by atoms with Crippen molar-refractivity contribution in [2.75, 3.05) is 0 Å². The molecule has 1 aliphatic carbocycles. The third kappa shape index (κ3) is 1.37. The van der Waals surface area contributed by atoms with Crippen LogP contribution in [0.4, 0.5) is 0 Å². The van der Waals surface area contributed by atoms with Crippen LogP contribution in [-0.4, -0.2) is 11.1 Å². The number of benzene rings is 1. The fourth-order valence-corrected chi connectivity index (χ4v) is 1.29. The van der Waals surface area contributed by atoms with E-state index >= 15 is 0 Å². The van der Waals surface area contributed by atoms with E-state index in [1.807, 2.05) is 0 Å². The number of hydrogen-bond acceptors (Lipinski definition) is 3. The Bertz CT molecular complexity index is 421. The summed E-state index contributed by atoms with van der Waals surface area (Å²) in [6, 6.07) is 4.93. The van der Waals surface area contributed by atoms with E-state index in [0.717, 1.165) is 11.1 Å². The molecule has 3 heteroatoms. The molecule has 1 aromatic carbocycles. The molecule has 14 heavy (non-hydrogen) atoms. The quantitative estimate of drug-likeness (QED) is 0.572. The van der Waals surface area contributed by atoms with Crippen LogP contribution in [0.3, 0.4) is 0 Å². The van der Waals surface area contributed by atoms with Crippen molar-refractivity contribution >= 4 is 5.97 Å². The topological polar surface area (TPSA) is 46.5 Å². The summed E-state index contributed by atoms with van der Waals surface area (Å²) in [5.74, 6) is -0.205. The molecule has 72 valence electrons. The summed E-state index contributed by atoms with van der Waals surface area (Å²) in [6.07, 6.45) is -0.278. The van der Waals surface area contributed by atoms with Gasteiger partial charge in [-0.25, -0.2) is 4.79 Å². The minimum absolute atomic E-state index is 0.192. The smallest absolute Gasteiger partial charge is 0.334 e. The van der Waals surface area contributed by atoms with E-state index in [1.54, 1.807) is 25.1 Å². The molecule has 0 amide bonds. The largest absolute Gasteiger partial charge is 0.508 e. The molecule has 1 aliphatic rings. The fourth-order valence-electron chi connectivity index (χ4n) is 1.29. The van der Waals surface area contributed by atoms with Gasteiger partial charge in [0, 0.05) is 16.7 Å². The molecule has 0 aliphatic heterocycles. The van der Waals surface area contributed by atoms with Gasteiger partial charge in [-0.15, -0.1) is 0 Å². The molecule has 0 aromatic heterocycles. The molecule has 1 unspecified atom stereocenters. The lowest BCUT2D eigenvalue weighted by Crippen LogP contribution is -2.02. The first-order chi connectivity index (χ1) is 6.59. The number of phenolic OH excluding ortho intramolecular Hbond substituents is 1. The van der Waals surface area contributed by atoms with Gasteiger partial charge >= 0.3 is 5.97 Å². The number of rotatable bonds is 2. The monoisotopic (exact) mass is 190 g/mol. The number of fused-ring (bicyclic) bond motifs is 1. The normalized spacial score (nSPS) is 17.1. The van der Waals surface area contributed by atoms with Gasteiger partial charge in [0.05, 0.1) is 0 Å². The number of carbonyl (C=O) groups is 1. The summed E-state index contributed by atoms with van der Waals surface area (Å²) in [4.78, 5) is 11.2. The number of phenols is 1. The molecule has 0 fully saturated rings. The van der Waals surface area contributed by atoms with Crippen molar-refractivity contribution in [1.82, 2.24) is 0 Å². The second-order valence-electron chi connectivity index (χ2n) is 3.38. The number of carbonyl (C=O) groups excluding carboxylic acids is 1. The molecule has 0 bridgehead atoms. The Labute approximate surface area is 81.6 Å². The van der Waals surface area contributed by atoms with Crippen molar-refractivity contribution < 1.29 is 14.6 Å². The standard InChI is InChI=1S/C11H10O3/c1-6(2)11(13)14-10-8-4-3-7(12)5-9(8)10/h3-5,10,12H,1H2,2H3. The molecule has 0 heterocycles. The van der Waals surface area contributed by atoms with Crippen LogP contribution < -0.4 is 0 Å². The summed E-state index contributed by atoms with van der Waals surface area (Å²) in [6.45, 7) is 5.10. The lowest BCUT2D eigenvalue weighted by molar-refractivity contribution is -0.140. The number of aromatic hydroxyl groups is 1. The minimum Gasteiger partial charge on any atom is -0.508 e. The van der Waals surface area contributed by atoms with E-state index in [4.69, 9.17) is 9.84 Å². The van der Waals surface area contributed by atoms with Crippen LogP contribution in [0.25, 0.3) is 0 Å². The summed E-state index contributed by atoms with van der Waals surface area (Å²) in [7, 11) is 0. The number of ether oxygens (including phenoxy) is 1. The van der Waals surface area contributed by atoms with E-state index in [2.05, 4.69) is 6.58 Å². The van der Waals surface area contributed by atoms with Crippen LogP contribution in [-0.2, 0) is 9.53 Å². The minimum atomic E-state index is -0.398. The second kappa shape index (κ2) is 2.87. The lowest BCUT2D eigenvalue weighted by atomic mass is 10.3. The van der Waals surface area contributed by atoms with E-state index in [9.17, 15) is 4.79 Å². The Balaban J connectivity index is 2.07. The SMILES string of the molecule is C=C(C)C(=O)OC1c2ccc(O)cc21. The van der Waals surface area contributed by atoms with Crippen molar-refractivity contribution in [3.8, 4) is 5.75 Å². The first-order valence-corrected chi connectivity index (χ1v) is 4.29. The highest BCUT2D eigenvalue weighted by molar-refractivity contribution is 5.87. The molecule has 1 aromatic rings. The van der Waals surface area contributed by atoms with Gasteiger partial charge in [0.1, 0.15) is 5.75 Å². The third-order valence-corrected chi connectivity index (χ3v) is 2.13. The molecule has 0 spiro atoms. The zero-order chi connectivity index (χ0) is 10.3. The zero-order valence-corrected chi connectivity index (χ0v) is 7.78. The Kier molecular flexibility index (Phi) is 1.81. The van der Waals surface area contributed by atoms with Crippen LogP contribution in [0.1, 0.15) is 24.2 Å². The first-order valence-electron chi connectivity index (χ1n) is 4.29. The van der Waals surface area contributed by atoms with Gasteiger partial charge < -0.3 is 9.84 Å². The second-order valence-corrected chi connectivity index (χ2v) is 3.38. The van der Waals surface area contributed by atoms with Crippen LogP contribution in [0, 0.1) is 0 Å². The Hall–Kier alpha value is -1.77. The first kappa shape index (κ1) is 8.81. The van der Waals surface area contributed by atoms with Crippen LogP contribution in [0.2, 0.25) is 0 Å². The maximum Gasteiger partial charge on any atom is 0.334 e. The predicted molar refractivity (Wildman–Crippen MR) is 50.9 cm³/mol. The van der Waals surface area contributed by atoms with E-state index < -0.39 is 5.97 Å². The highest BCUT2D eigenvalue weighted by Gasteiger charge is 2.36. The van der Waals surface area contributed by atoms with Crippen LogP contribution in [0.5, 0.6) is 5.75 Å². The van der Waals surface area contributed by atoms with Gasteiger partial charge in [0.15, 0.2) is 6.10 Å². The summed E-state index contributed by atoms with van der Waals surface area (Å²) >= 11 is 0. The highest BCUT2D eigenvalue weighted by Crippen LogP contribution is 2.45. The Morgan fingerprint density at radius 1 is 1.50 bits per heavy atom. The van der Waals surface area contributed by atoms with Crippen LogP contribution in [0.15, 0.2) is 30.4 Å². The van der Waals surface area contributed by atoms with Gasteiger partial charge in [-0.3, -0.25) is 0 Å². The molecular formula is C11H10O3. The summed E-state index contributed by atoms with van der Waals surface area (Å²) in [5.41, 5.74) is 2.21. The number of hydrogen-bond donors (Lipinski definition) is 1. The molecule has 0 saturated heterocycles. The molecule has 0 saturated carbocycles. The molecular weight excluding hydrogens is 180 g/mol. The average molecular weight is 190 g/mol. The van der Waals surface area contributed by atoms with E-state index in [-0.39, 0.29) is 11.9 Å². The highest BCUT2D eigenvalue weighted by atomic mass is 16.5. The van der Waals surface area contributed by atoms with Crippen molar-refractivity contribution in [3.63, 3.8) is 0 Å². The molecule has 2 rings (SSSR count). The molecule has 0 radical (unpaired) electrons. The van der Waals surface area contributed by atoms with Gasteiger partial charge in [-0.1, -0.05) is 12.6 Å². The van der Waals surface area contributed by atoms with Crippen molar-refractivity contribution in [2.24, 2.45) is 0 Å². The third-order valence-electron chi connectivity index (χ3n) is 2.13. The summed E-state index contributed by atoms with van der Waals surface area (Å²) in [5, 5.41) is 9.15. The molecule has 1 atom stereocenters. The maximum absolute atomic E-state index is 11.2. The van der Waals surface area contributed by atoms with Gasteiger partial charge in [-0.05, 0) is 19.1 Å². The van der Waals surface area contributed by atoms with Gasteiger partial charge in [0.25, 0.3) is 0 Å². The van der Waals surface area contributed by atoms with Crippen molar-refractivity contribution in [1.29, 1.82) is 0 Å². The van der Waals surface area contributed by atoms with Crippen molar-refractivity contribution in [3.05, 3.63) is 41.5 Å². The Morgan fingerprint density at radius 3 is 2.79 bits per heavy atom. The predicted octanol–water partition coefficient (Wildman–Crippen LogP) is 1.91. The molecule has 1 N–H and O–H groups in total. The molecule has 3 nitrogen and oxygen atoms in total. The van der Waals surface area contributed by atoms with E-state index in [0.29, 0.717) is 5.57 Å². The van der Waals surface area contributed by atoms with Gasteiger partial charge in [0.2, 0.25) is 0 Å².